The van der Waals surface area contributed by atoms with Gasteiger partial charge in [0.05, 0.1) is 25.0 Å². The van der Waals surface area contributed by atoms with Crippen LogP contribution in [0, 0.1) is 0 Å². The molecule has 0 amide bonds. The van der Waals surface area contributed by atoms with Crippen LogP contribution in [-0.2, 0) is 9.16 Å². The maximum absolute atomic E-state index is 11.8. The Labute approximate surface area is 167 Å². The molecule has 2 aromatic heterocycles. The highest BCUT2D eigenvalue weighted by molar-refractivity contribution is 6.74. The Kier molecular flexibility index (Phi) is 7.37. The van der Waals surface area contributed by atoms with Gasteiger partial charge in [0.2, 0.25) is 5.89 Å². The van der Waals surface area contributed by atoms with Crippen molar-refractivity contribution in [1.29, 1.82) is 0 Å². The summed E-state index contributed by atoms with van der Waals surface area (Å²) < 4.78 is 22.4. The van der Waals surface area contributed by atoms with E-state index >= 15 is 0 Å². The van der Waals surface area contributed by atoms with Gasteiger partial charge in [-0.2, -0.15) is 0 Å². The van der Waals surface area contributed by atoms with Crippen molar-refractivity contribution in [2.75, 3.05) is 19.8 Å². The number of esters is 1. The van der Waals surface area contributed by atoms with Crippen LogP contribution in [0.5, 0.6) is 5.75 Å². The number of pyridine rings is 1. The summed E-state index contributed by atoms with van der Waals surface area (Å²) in [4.78, 5) is 20.1. The second-order valence-electron chi connectivity index (χ2n) is 7.94. The Morgan fingerprint density at radius 2 is 2.00 bits per heavy atom. The van der Waals surface area contributed by atoms with E-state index in [1.54, 1.807) is 25.4 Å². The van der Waals surface area contributed by atoms with Crippen LogP contribution in [0.3, 0.4) is 0 Å². The normalized spacial score (nSPS) is 12.1. The minimum absolute atomic E-state index is 0.127. The fourth-order valence-corrected chi connectivity index (χ4v) is 3.24. The predicted molar refractivity (Wildman–Crippen MR) is 109 cm³/mol. The van der Waals surface area contributed by atoms with Crippen LogP contribution < -0.4 is 4.74 Å². The summed E-state index contributed by atoms with van der Waals surface area (Å²) in [5.41, 5.74) is 0.762. The monoisotopic (exact) mass is 406 g/mol. The minimum Gasteiger partial charge on any atom is -0.491 e. The van der Waals surface area contributed by atoms with E-state index < -0.39 is 14.3 Å². The highest BCUT2D eigenvalue weighted by atomic mass is 28.4. The summed E-state index contributed by atoms with van der Waals surface area (Å²) in [5.74, 6) is 0.321. The van der Waals surface area contributed by atoms with Crippen LogP contribution in [0.1, 0.15) is 44.6 Å². The summed E-state index contributed by atoms with van der Waals surface area (Å²) in [6, 6.07) is 1.74. The smallest absolute Gasteiger partial charge is 0.360 e. The van der Waals surface area contributed by atoms with Crippen LogP contribution in [-0.4, -0.2) is 44.1 Å². The van der Waals surface area contributed by atoms with Gasteiger partial charge in [0.15, 0.2) is 14.0 Å². The molecule has 2 rings (SSSR count). The number of nitrogens with zero attached hydrogens (tertiary/aromatic N) is 2. The maximum Gasteiger partial charge on any atom is 0.360 e. The molecule has 154 valence electrons. The van der Waals surface area contributed by atoms with Gasteiger partial charge >= 0.3 is 5.97 Å². The number of hydrogen-bond acceptors (Lipinski definition) is 7. The fourth-order valence-electron chi connectivity index (χ4n) is 2.15. The molecule has 0 unspecified atom stereocenters. The van der Waals surface area contributed by atoms with E-state index in [2.05, 4.69) is 43.8 Å². The molecule has 0 atom stereocenters. The second kappa shape index (κ2) is 9.34. The third-order valence-electron chi connectivity index (χ3n) is 4.82. The second-order valence-corrected chi connectivity index (χ2v) is 12.8. The Bertz CT molecular complexity index is 783. The lowest BCUT2D eigenvalue weighted by Crippen LogP contribution is -2.41. The van der Waals surface area contributed by atoms with Crippen molar-refractivity contribution < 1.29 is 23.1 Å². The standard InChI is InChI=1S/C20H30N2O5Si/c1-7-24-19(23)16-14-26-18(22-16)15-9-10-21-13-17(15)25-11-8-12-27-28(5,6)20(2,3)4/h9-10,13-14H,7-8,11-12H2,1-6H3. The van der Waals surface area contributed by atoms with E-state index in [9.17, 15) is 4.79 Å². The lowest BCUT2D eigenvalue weighted by Gasteiger charge is -2.36. The van der Waals surface area contributed by atoms with Crippen LogP contribution in [0.25, 0.3) is 11.5 Å². The summed E-state index contributed by atoms with van der Waals surface area (Å²) in [6.07, 6.45) is 5.28. The van der Waals surface area contributed by atoms with Crippen molar-refractivity contribution in [2.24, 2.45) is 0 Å². The highest BCUT2D eigenvalue weighted by Gasteiger charge is 2.36. The van der Waals surface area contributed by atoms with Gasteiger partial charge in [0, 0.05) is 19.2 Å². The zero-order chi connectivity index (χ0) is 20.8. The van der Waals surface area contributed by atoms with E-state index in [1.807, 2.05) is 0 Å². The Morgan fingerprint density at radius 3 is 2.68 bits per heavy atom. The Morgan fingerprint density at radius 1 is 1.25 bits per heavy atom. The molecule has 0 aliphatic carbocycles. The van der Waals surface area contributed by atoms with Crippen molar-refractivity contribution in [3.05, 3.63) is 30.4 Å². The highest BCUT2D eigenvalue weighted by Crippen LogP contribution is 2.36. The van der Waals surface area contributed by atoms with E-state index in [-0.39, 0.29) is 23.2 Å². The van der Waals surface area contributed by atoms with Gasteiger partial charge < -0.3 is 18.3 Å². The van der Waals surface area contributed by atoms with E-state index in [1.165, 1.54) is 6.26 Å². The molecule has 8 heteroatoms. The van der Waals surface area contributed by atoms with Crippen molar-refractivity contribution in [3.8, 4) is 17.2 Å². The zero-order valence-corrected chi connectivity index (χ0v) is 18.6. The quantitative estimate of drug-likeness (QED) is 0.339. The van der Waals surface area contributed by atoms with Gasteiger partial charge in [-0.15, -0.1) is 0 Å². The van der Waals surface area contributed by atoms with Crippen molar-refractivity contribution in [2.45, 2.75) is 52.2 Å². The number of carbonyl (C=O) groups is 1. The SMILES string of the molecule is CCOC(=O)c1coc(-c2ccncc2OCCCO[Si](C)(C)C(C)(C)C)n1. The molecular formula is C20H30N2O5Si. The molecule has 2 heterocycles. The topological polar surface area (TPSA) is 83.7 Å². The molecule has 28 heavy (non-hydrogen) atoms. The lowest BCUT2D eigenvalue weighted by molar-refractivity contribution is 0.0519. The number of hydrogen-bond donors (Lipinski definition) is 0. The zero-order valence-electron chi connectivity index (χ0n) is 17.6. The van der Waals surface area contributed by atoms with Gasteiger partial charge in [0.25, 0.3) is 0 Å². The first-order valence-electron chi connectivity index (χ1n) is 9.49. The van der Waals surface area contributed by atoms with Gasteiger partial charge in [0.1, 0.15) is 12.0 Å². The molecule has 2 aromatic rings. The first kappa shape index (κ1) is 22.1. The first-order chi connectivity index (χ1) is 13.2. The molecule has 0 radical (unpaired) electrons. The summed E-state index contributed by atoms with van der Waals surface area (Å²) in [6.45, 7) is 14.3. The van der Waals surface area contributed by atoms with Crippen LogP contribution in [0.15, 0.2) is 29.1 Å². The molecule has 0 bridgehead atoms. The van der Waals surface area contributed by atoms with Gasteiger partial charge in [-0.3, -0.25) is 4.98 Å². The molecule has 0 aliphatic rings. The maximum atomic E-state index is 11.8. The number of ether oxygens (including phenoxy) is 2. The molecule has 0 spiro atoms. The van der Waals surface area contributed by atoms with E-state index in [0.717, 1.165) is 6.42 Å². The van der Waals surface area contributed by atoms with E-state index in [4.69, 9.17) is 18.3 Å². The molecule has 7 nitrogen and oxygen atoms in total. The van der Waals surface area contributed by atoms with Crippen molar-refractivity contribution >= 4 is 14.3 Å². The Hall–Kier alpha value is -2.19. The third kappa shape index (κ3) is 5.65. The molecule has 0 saturated carbocycles. The average Bonchev–Trinajstić information content (AvgIpc) is 3.11. The summed E-state index contributed by atoms with van der Waals surface area (Å²) in [7, 11) is -1.75. The van der Waals surface area contributed by atoms with Gasteiger partial charge in [-0.1, -0.05) is 20.8 Å². The number of rotatable bonds is 9. The van der Waals surface area contributed by atoms with E-state index in [0.29, 0.717) is 24.5 Å². The molecule has 0 saturated heterocycles. The van der Waals surface area contributed by atoms with Gasteiger partial charge in [-0.05, 0) is 31.1 Å². The van der Waals surface area contributed by atoms with Gasteiger partial charge in [-0.25, -0.2) is 9.78 Å². The number of aromatic nitrogens is 2. The first-order valence-corrected chi connectivity index (χ1v) is 12.4. The van der Waals surface area contributed by atoms with Crippen molar-refractivity contribution in [3.63, 3.8) is 0 Å². The number of carbonyl (C=O) groups excluding carboxylic acids is 1. The number of oxazole rings is 1. The average molecular weight is 407 g/mol. The van der Waals surface area contributed by atoms with Crippen LogP contribution in [0.4, 0.5) is 0 Å². The van der Waals surface area contributed by atoms with Crippen LogP contribution in [0.2, 0.25) is 18.1 Å². The molecule has 0 aliphatic heterocycles. The Balaban J connectivity index is 1.95. The van der Waals surface area contributed by atoms with Crippen molar-refractivity contribution in [1.82, 2.24) is 9.97 Å². The predicted octanol–water partition coefficient (Wildman–Crippen LogP) is 4.70. The molecule has 0 aromatic carbocycles. The largest absolute Gasteiger partial charge is 0.491 e. The lowest BCUT2D eigenvalue weighted by atomic mass is 10.2. The molecule has 0 fully saturated rings. The van der Waals surface area contributed by atoms with Crippen LogP contribution >= 0.6 is 0 Å². The summed E-state index contributed by atoms with van der Waals surface area (Å²) in [5, 5.41) is 0.186. The summed E-state index contributed by atoms with van der Waals surface area (Å²) >= 11 is 0. The molecular weight excluding hydrogens is 376 g/mol. The third-order valence-corrected chi connectivity index (χ3v) is 9.36. The molecule has 0 N–H and O–H groups in total. The fraction of sp³-hybridized carbons (Fsp3) is 0.550. The minimum atomic E-state index is -1.75.